The Kier molecular flexibility index (Phi) is 4.76. The molecule has 5 nitrogen and oxygen atoms in total. The van der Waals surface area contributed by atoms with E-state index in [4.69, 9.17) is 11.6 Å². The molecule has 25 heavy (non-hydrogen) atoms. The lowest BCUT2D eigenvalue weighted by Gasteiger charge is -2.04. The molecular weight excluding hydrogens is 338 g/mol. The SMILES string of the molecule is CC(C)c1[nH]n(-c2ccc(Cl)cc2)c(=O)c1C=Nc1ccccc1O. The van der Waals surface area contributed by atoms with Gasteiger partial charge in [0, 0.05) is 16.9 Å². The van der Waals surface area contributed by atoms with Crippen LogP contribution in [0.2, 0.25) is 5.02 Å². The summed E-state index contributed by atoms with van der Waals surface area (Å²) in [7, 11) is 0. The van der Waals surface area contributed by atoms with Gasteiger partial charge in [-0.3, -0.25) is 14.9 Å². The maximum absolute atomic E-state index is 12.8. The minimum Gasteiger partial charge on any atom is -0.506 e. The quantitative estimate of drug-likeness (QED) is 0.681. The number of hydrogen-bond acceptors (Lipinski definition) is 3. The maximum Gasteiger partial charge on any atom is 0.280 e. The van der Waals surface area contributed by atoms with Crippen LogP contribution < -0.4 is 5.56 Å². The molecule has 0 amide bonds. The van der Waals surface area contributed by atoms with Gasteiger partial charge >= 0.3 is 0 Å². The summed E-state index contributed by atoms with van der Waals surface area (Å²) in [6.07, 6.45) is 1.50. The molecule has 0 aliphatic heterocycles. The van der Waals surface area contributed by atoms with Gasteiger partial charge in [-0.1, -0.05) is 37.6 Å². The normalized spacial score (nSPS) is 11.5. The molecule has 0 spiro atoms. The molecule has 0 radical (unpaired) electrons. The predicted octanol–water partition coefficient (Wildman–Crippen LogP) is 4.40. The van der Waals surface area contributed by atoms with Crippen molar-refractivity contribution in [3.63, 3.8) is 0 Å². The highest BCUT2D eigenvalue weighted by Gasteiger charge is 2.16. The van der Waals surface area contributed by atoms with Crippen molar-refractivity contribution in [1.29, 1.82) is 0 Å². The molecule has 0 aliphatic carbocycles. The van der Waals surface area contributed by atoms with Gasteiger partial charge in [-0.25, -0.2) is 4.68 Å². The smallest absolute Gasteiger partial charge is 0.280 e. The van der Waals surface area contributed by atoms with E-state index in [-0.39, 0.29) is 17.2 Å². The fourth-order valence-corrected chi connectivity index (χ4v) is 2.64. The highest BCUT2D eigenvalue weighted by atomic mass is 35.5. The van der Waals surface area contributed by atoms with Crippen LogP contribution in [0.25, 0.3) is 5.69 Å². The van der Waals surface area contributed by atoms with Crippen molar-refractivity contribution < 1.29 is 5.11 Å². The number of nitrogens with zero attached hydrogens (tertiary/aromatic N) is 2. The Labute approximate surface area is 150 Å². The standard InChI is InChI=1S/C19H18ClN3O2/c1-12(2)18-15(11-21-16-5-3-4-6-17(16)24)19(25)23(22-18)14-9-7-13(20)8-10-14/h3-12,22,24H,1-2H3. The molecule has 0 bridgehead atoms. The fraction of sp³-hybridized carbons (Fsp3) is 0.158. The Bertz CT molecular complexity index is 969. The lowest BCUT2D eigenvalue weighted by Crippen LogP contribution is -2.17. The second-order valence-electron chi connectivity index (χ2n) is 5.96. The summed E-state index contributed by atoms with van der Waals surface area (Å²) in [6.45, 7) is 3.99. The van der Waals surface area contributed by atoms with Crippen molar-refractivity contribution in [3.8, 4) is 11.4 Å². The summed E-state index contributed by atoms with van der Waals surface area (Å²) in [6, 6.07) is 13.7. The van der Waals surface area contributed by atoms with Crippen molar-refractivity contribution >= 4 is 23.5 Å². The van der Waals surface area contributed by atoms with Gasteiger partial charge in [0.1, 0.15) is 11.4 Å². The summed E-state index contributed by atoms with van der Waals surface area (Å²) in [5.41, 5.74) is 2.15. The number of H-pyrrole nitrogens is 1. The van der Waals surface area contributed by atoms with Crippen molar-refractivity contribution in [1.82, 2.24) is 9.78 Å². The monoisotopic (exact) mass is 355 g/mol. The van der Waals surface area contributed by atoms with Gasteiger partial charge in [-0.2, -0.15) is 0 Å². The van der Waals surface area contributed by atoms with Crippen LogP contribution in [0.15, 0.2) is 58.3 Å². The first-order chi connectivity index (χ1) is 12.0. The number of aliphatic imine (C=N–C) groups is 1. The molecule has 0 fully saturated rings. The highest BCUT2D eigenvalue weighted by Crippen LogP contribution is 2.25. The fourth-order valence-electron chi connectivity index (χ4n) is 2.51. The van der Waals surface area contributed by atoms with Gasteiger partial charge in [0.25, 0.3) is 5.56 Å². The Morgan fingerprint density at radius 1 is 1.16 bits per heavy atom. The van der Waals surface area contributed by atoms with E-state index in [1.54, 1.807) is 48.5 Å². The van der Waals surface area contributed by atoms with Crippen LogP contribution in [0.1, 0.15) is 31.0 Å². The summed E-state index contributed by atoms with van der Waals surface area (Å²) in [4.78, 5) is 17.1. The summed E-state index contributed by atoms with van der Waals surface area (Å²) in [5, 5.41) is 13.6. The third kappa shape index (κ3) is 3.51. The van der Waals surface area contributed by atoms with Gasteiger partial charge in [0.2, 0.25) is 0 Å². The average Bonchev–Trinajstić information content (AvgIpc) is 2.92. The van der Waals surface area contributed by atoms with Crippen LogP contribution in [0.3, 0.4) is 0 Å². The molecule has 0 aliphatic rings. The topological polar surface area (TPSA) is 70.4 Å². The summed E-state index contributed by atoms with van der Waals surface area (Å²) in [5.74, 6) is 0.172. The zero-order chi connectivity index (χ0) is 18.0. The van der Waals surface area contributed by atoms with Gasteiger partial charge in [0.05, 0.1) is 11.3 Å². The number of aromatic hydroxyl groups is 1. The number of rotatable bonds is 4. The molecule has 0 saturated heterocycles. The van der Waals surface area contributed by atoms with Crippen LogP contribution in [0, 0.1) is 0 Å². The van der Waals surface area contributed by atoms with Gasteiger partial charge in [0.15, 0.2) is 0 Å². The van der Waals surface area contributed by atoms with Crippen molar-refractivity contribution in [2.75, 3.05) is 0 Å². The minimum atomic E-state index is -0.204. The number of benzene rings is 2. The van der Waals surface area contributed by atoms with Crippen LogP contribution >= 0.6 is 11.6 Å². The summed E-state index contributed by atoms with van der Waals surface area (Å²) >= 11 is 5.92. The molecule has 2 N–H and O–H groups in total. The molecule has 2 aromatic carbocycles. The zero-order valence-electron chi connectivity index (χ0n) is 13.9. The second kappa shape index (κ2) is 6.99. The maximum atomic E-state index is 12.8. The lowest BCUT2D eigenvalue weighted by molar-refractivity contribution is 0.477. The highest BCUT2D eigenvalue weighted by molar-refractivity contribution is 6.30. The Hall–Kier alpha value is -2.79. The van der Waals surface area contributed by atoms with Gasteiger partial charge in [-0.15, -0.1) is 0 Å². The van der Waals surface area contributed by atoms with Crippen molar-refractivity contribution in [3.05, 3.63) is 75.2 Å². The van der Waals surface area contributed by atoms with Crippen LogP contribution in [-0.2, 0) is 0 Å². The van der Waals surface area contributed by atoms with Crippen molar-refractivity contribution in [2.24, 2.45) is 4.99 Å². The first-order valence-corrected chi connectivity index (χ1v) is 8.28. The molecule has 6 heteroatoms. The molecule has 1 aromatic heterocycles. The molecular formula is C19H18ClN3O2. The molecule has 0 unspecified atom stereocenters. The molecule has 3 rings (SSSR count). The Balaban J connectivity index is 2.08. The number of aromatic nitrogens is 2. The van der Waals surface area contributed by atoms with E-state index in [9.17, 15) is 9.90 Å². The van der Waals surface area contributed by atoms with Crippen LogP contribution in [-0.4, -0.2) is 21.1 Å². The molecule has 3 aromatic rings. The molecule has 0 saturated carbocycles. The predicted molar refractivity (Wildman–Crippen MR) is 101 cm³/mol. The average molecular weight is 356 g/mol. The number of phenolic OH excluding ortho intramolecular Hbond substituents is 1. The molecule has 1 heterocycles. The molecule has 128 valence electrons. The van der Waals surface area contributed by atoms with E-state index in [1.807, 2.05) is 13.8 Å². The lowest BCUT2D eigenvalue weighted by atomic mass is 10.1. The van der Waals surface area contributed by atoms with E-state index in [0.29, 0.717) is 22.0 Å². The summed E-state index contributed by atoms with van der Waals surface area (Å²) < 4.78 is 1.47. The third-order valence-electron chi connectivity index (χ3n) is 3.83. The third-order valence-corrected chi connectivity index (χ3v) is 4.08. The first kappa shape index (κ1) is 17.0. The van der Waals surface area contributed by atoms with E-state index < -0.39 is 0 Å². The zero-order valence-corrected chi connectivity index (χ0v) is 14.7. The number of phenols is 1. The van der Waals surface area contributed by atoms with E-state index in [0.717, 1.165) is 5.69 Å². The Morgan fingerprint density at radius 2 is 1.84 bits per heavy atom. The van der Waals surface area contributed by atoms with Crippen LogP contribution in [0.4, 0.5) is 5.69 Å². The number of halogens is 1. The van der Waals surface area contributed by atoms with E-state index in [2.05, 4.69) is 10.1 Å². The van der Waals surface area contributed by atoms with Gasteiger partial charge < -0.3 is 5.11 Å². The van der Waals surface area contributed by atoms with Crippen LogP contribution in [0.5, 0.6) is 5.75 Å². The molecule has 0 atom stereocenters. The van der Waals surface area contributed by atoms with E-state index in [1.165, 1.54) is 10.9 Å². The second-order valence-corrected chi connectivity index (χ2v) is 6.39. The van der Waals surface area contributed by atoms with Gasteiger partial charge in [-0.05, 0) is 42.3 Å². The largest absolute Gasteiger partial charge is 0.506 e. The first-order valence-electron chi connectivity index (χ1n) is 7.90. The Morgan fingerprint density at radius 3 is 2.48 bits per heavy atom. The number of para-hydroxylation sites is 2. The van der Waals surface area contributed by atoms with E-state index >= 15 is 0 Å². The van der Waals surface area contributed by atoms with Crippen molar-refractivity contribution in [2.45, 2.75) is 19.8 Å². The number of hydrogen-bond donors (Lipinski definition) is 2. The number of nitrogens with one attached hydrogen (secondary N) is 1. The number of aromatic amines is 1. The minimum absolute atomic E-state index is 0.0680.